The van der Waals surface area contributed by atoms with Crippen molar-refractivity contribution in [3.05, 3.63) is 0 Å². The summed E-state index contributed by atoms with van der Waals surface area (Å²) in [5.41, 5.74) is 0. The Kier molecular flexibility index (Phi) is 4.80. The molecule has 0 saturated carbocycles. The second-order valence-corrected chi connectivity index (χ2v) is 5.33. The minimum absolute atomic E-state index is 0.175. The van der Waals surface area contributed by atoms with Crippen LogP contribution in [0.2, 0.25) is 0 Å². The van der Waals surface area contributed by atoms with Crippen LogP contribution in [0.3, 0.4) is 0 Å². The summed E-state index contributed by atoms with van der Waals surface area (Å²) in [6.07, 6.45) is 5.37. The molecule has 2 unspecified atom stereocenters. The maximum atomic E-state index is 12.0. The zero-order valence-corrected chi connectivity index (χ0v) is 10.8. The molecule has 2 atom stereocenters. The van der Waals surface area contributed by atoms with Gasteiger partial charge in [-0.05, 0) is 44.7 Å². The number of rotatable bonds is 4. The van der Waals surface area contributed by atoms with E-state index in [1.807, 2.05) is 11.9 Å². The van der Waals surface area contributed by atoms with E-state index in [4.69, 9.17) is 4.74 Å². The largest absolute Gasteiger partial charge is 0.378 e. The first-order chi connectivity index (χ1) is 8.25. The van der Waals surface area contributed by atoms with Gasteiger partial charge in [0.15, 0.2) is 0 Å². The van der Waals surface area contributed by atoms with E-state index < -0.39 is 0 Å². The van der Waals surface area contributed by atoms with Gasteiger partial charge in [-0.3, -0.25) is 4.79 Å². The molecule has 0 aliphatic carbocycles. The van der Waals surface area contributed by atoms with E-state index in [1.54, 1.807) is 0 Å². The van der Waals surface area contributed by atoms with Crippen LogP contribution in [0, 0.1) is 5.92 Å². The van der Waals surface area contributed by atoms with Gasteiger partial charge >= 0.3 is 0 Å². The van der Waals surface area contributed by atoms with E-state index in [2.05, 4.69) is 5.32 Å². The maximum Gasteiger partial charge on any atom is 0.224 e. The lowest BCUT2D eigenvalue weighted by molar-refractivity contribution is -0.132. The van der Waals surface area contributed by atoms with E-state index in [9.17, 15) is 4.79 Å². The number of amides is 1. The van der Waals surface area contributed by atoms with Gasteiger partial charge in [0.05, 0.1) is 12.5 Å². The molecule has 98 valence electrons. The van der Waals surface area contributed by atoms with Gasteiger partial charge in [-0.25, -0.2) is 0 Å². The Labute approximate surface area is 104 Å². The van der Waals surface area contributed by atoms with Crippen LogP contribution in [0.5, 0.6) is 0 Å². The fraction of sp³-hybridized carbons (Fsp3) is 0.923. The van der Waals surface area contributed by atoms with Gasteiger partial charge in [-0.2, -0.15) is 0 Å². The molecule has 0 bridgehead atoms. The first-order valence-electron chi connectivity index (χ1n) is 6.82. The predicted molar refractivity (Wildman–Crippen MR) is 66.8 cm³/mol. The third kappa shape index (κ3) is 3.96. The van der Waals surface area contributed by atoms with Crippen molar-refractivity contribution in [1.29, 1.82) is 0 Å². The normalized spacial score (nSPS) is 29.2. The molecule has 0 aromatic heterocycles. The number of ether oxygens (including phenoxy) is 1. The zero-order valence-electron chi connectivity index (χ0n) is 10.8. The SMILES string of the molecule is CN(CC1CCCNC1)C(=O)CC1CCCO1. The Morgan fingerprint density at radius 3 is 2.94 bits per heavy atom. The molecular weight excluding hydrogens is 216 g/mol. The van der Waals surface area contributed by atoms with E-state index in [0.29, 0.717) is 12.3 Å². The molecular formula is C13H24N2O2. The molecule has 4 nitrogen and oxygen atoms in total. The van der Waals surface area contributed by atoms with Gasteiger partial charge in [-0.15, -0.1) is 0 Å². The second-order valence-electron chi connectivity index (χ2n) is 5.33. The average Bonchev–Trinajstić information content (AvgIpc) is 2.83. The van der Waals surface area contributed by atoms with E-state index in [0.717, 1.165) is 39.1 Å². The van der Waals surface area contributed by atoms with E-state index in [-0.39, 0.29) is 12.0 Å². The highest BCUT2D eigenvalue weighted by atomic mass is 16.5. The summed E-state index contributed by atoms with van der Waals surface area (Å²) in [5.74, 6) is 0.865. The summed E-state index contributed by atoms with van der Waals surface area (Å²) in [5, 5.41) is 3.39. The van der Waals surface area contributed by atoms with Crippen molar-refractivity contribution in [2.75, 3.05) is 33.3 Å². The van der Waals surface area contributed by atoms with Gasteiger partial charge in [0, 0.05) is 20.2 Å². The molecule has 2 aliphatic heterocycles. The summed E-state index contributed by atoms with van der Waals surface area (Å²) in [6.45, 7) is 3.90. The zero-order chi connectivity index (χ0) is 12.1. The number of carbonyl (C=O) groups is 1. The topological polar surface area (TPSA) is 41.6 Å². The summed E-state index contributed by atoms with van der Waals surface area (Å²) in [4.78, 5) is 13.9. The average molecular weight is 240 g/mol. The fourth-order valence-corrected chi connectivity index (χ4v) is 2.72. The minimum atomic E-state index is 0.175. The highest BCUT2D eigenvalue weighted by molar-refractivity contribution is 5.76. The van der Waals surface area contributed by atoms with Crippen LogP contribution in [0.1, 0.15) is 32.1 Å². The van der Waals surface area contributed by atoms with Gasteiger partial charge in [0.25, 0.3) is 0 Å². The Hall–Kier alpha value is -0.610. The summed E-state index contributed by atoms with van der Waals surface area (Å²) >= 11 is 0. The number of piperidine rings is 1. The smallest absolute Gasteiger partial charge is 0.224 e. The highest BCUT2D eigenvalue weighted by Crippen LogP contribution is 2.17. The molecule has 2 aliphatic rings. The molecule has 2 heterocycles. The van der Waals surface area contributed by atoms with Crippen molar-refractivity contribution >= 4 is 5.91 Å². The van der Waals surface area contributed by atoms with E-state index in [1.165, 1.54) is 12.8 Å². The quantitative estimate of drug-likeness (QED) is 0.797. The number of hydrogen-bond donors (Lipinski definition) is 1. The maximum absolute atomic E-state index is 12.0. The molecule has 1 amide bonds. The predicted octanol–water partition coefficient (Wildman–Crippen LogP) is 1.01. The summed E-state index contributed by atoms with van der Waals surface area (Å²) < 4.78 is 5.50. The van der Waals surface area contributed by atoms with Crippen LogP contribution in [0.15, 0.2) is 0 Å². The highest BCUT2D eigenvalue weighted by Gasteiger charge is 2.23. The summed E-state index contributed by atoms with van der Waals surface area (Å²) in [6, 6.07) is 0. The van der Waals surface area contributed by atoms with Crippen LogP contribution in [0.25, 0.3) is 0 Å². The van der Waals surface area contributed by atoms with Crippen LogP contribution >= 0.6 is 0 Å². The monoisotopic (exact) mass is 240 g/mol. The number of hydrogen-bond acceptors (Lipinski definition) is 3. The molecule has 0 aromatic carbocycles. The second kappa shape index (κ2) is 6.36. The number of nitrogens with one attached hydrogen (secondary N) is 1. The van der Waals surface area contributed by atoms with Crippen LogP contribution < -0.4 is 5.32 Å². The number of carbonyl (C=O) groups excluding carboxylic acids is 1. The Bertz CT molecular complexity index is 246. The minimum Gasteiger partial charge on any atom is -0.378 e. The molecule has 2 rings (SSSR count). The van der Waals surface area contributed by atoms with Gasteiger partial charge in [0.1, 0.15) is 0 Å². The van der Waals surface area contributed by atoms with Crippen molar-refractivity contribution in [2.45, 2.75) is 38.2 Å². The Morgan fingerprint density at radius 1 is 1.41 bits per heavy atom. The third-order valence-electron chi connectivity index (χ3n) is 3.78. The van der Waals surface area contributed by atoms with Crippen molar-refractivity contribution in [1.82, 2.24) is 10.2 Å². The lowest BCUT2D eigenvalue weighted by Gasteiger charge is -2.28. The molecule has 2 saturated heterocycles. The summed E-state index contributed by atoms with van der Waals surface area (Å²) in [7, 11) is 1.92. The fourth-order valence-electron chi connectivity index (χ4n) is 2.72. The van der Waals surface area contributed by atoms with Crippen LogP contribution in [-0.2, 0) is 9.53 Å². The van der Waals surface area contributed by atoms with Crippen molar-refractivity contribution in [2.24, 2.45) is 5.92 Å². The van der Waals surface area contributed by atoms with Crippen molar-refractivity contribution in [3.63, 3.8) is 0 Å². The van der Waals surface area contributed by atoms with Gasteiger partial charge in [-0.1, -0.05) is 0 Å². The molecule has 0 radical (unpaired) electrons. The Balaban J connectivity index is 1.70. The molecule has 0 aromatic rings. The van der Waals surface area contributed by atoms with E-state index >= 15 is 0 Å². The molecule has 4 heteroatoms. The van der Waals surface area contributed by atoms with Crippen molar-refractivity contribution < 1.29 is 9.53 Å². The van der Waals surface area contributed by atoms with Gasteiger partial charge < -0.3 is 15.0 Å². The lowest BCUT2D eigenvalue weighted by atomic mass is 9.99. The van der Waals surface area contributed by atoms with Crippen molar-refractivity contribution in [3.8, 4) is 0 Å². The van der Waals surface area contributed by atoms with Gasteiger partial charge in [0.2, 0.25) is 5.91 Å². The first-order valence-corrected chi connectivity index (χ1v) is 6.82. The van der Waals surface area contributed by atoms with Crippen LogP contribution in [-0.4, -0.2) is 50.2 Å². The molecule has 0 spiro atoms. The molecule has 2 fully saturated rings. The standard InChI is InChI=1S/C13H24N2O2/c1-15(10-11-4-2-6-14-9-11)13(16)8-12-5-3-7-17-12/h11-12,14H,2-10H2,1H3. The lowest BCUT2D eigenvalue weighted by Crippen LogP contribution is -2.39. The number of nitrogens with zero attached hydrogens (tertiary/aromatic N) is 1. The third-order valence-corrected chi connectivity index (χ3v) is 3.78. The molecule has 17 heavy (non-hydrogen) atoms. The Morgan fingerprint density at radius 2 is 2.29 bits per heavy atom. The first kappa shape index (κ1) is 12.8. The van der Waals surface area contributed by atoms with Crippen LogP contribution in [0.4, 0.5) is 0 Å². The molecule has 1 N–H and O–H groups in total.